The van der Waals surface area contributed by atoms with Crippen LogP contribution in [-0.2, 0) is 24.4 Å². The van der Waals surface area contributed by atoms with Crippen molar-refractivity contribution in [2.75, 3.05) is 0 Å². The van der Waals surface area contributed by atoms with E-state index in [1.807, 2.05) is 69.3 Å². The average molecular weight is 326 g/mol. The van der Waals surface area contributed by atoms with Crippen LogP contribution in [-0.4, -0.2) is 11.6 Å². The molecule has 2 rings (SSSR count). The van der Waals surface area contributed by atoms with Gasteiger partial charge in [-0.25, -0.2) is 4.79 Å². The highest BCUT2D eigenvalue weighted by Crippen LogP contribution is 2.13. The van der Waals surface area contributed by atoms with Crippen molar-refractivity contribution in [3.05, 3.63) is 71.3 Å². The number of amides is 2. The van der Waals surface area contributed by atoms with Crippen LogP contribution in [0.3, 0.4) is 0 Å². The average Bonchev–Trinajstić information content (AvgIpc) is 2.57. The smallest absolute Gasteiger partial charge is 0.315 e. The summed E-state index contributed by atoms with van der Waals surface area (Å²) in [6.45, 7) is 7.69. The molecule has 128 valence electrons. The fraction of sp³-hybridized carbons (Fsp3) is 0.350. The second kappa shape index (κ2) is 8.50. The van der Waals surface area contributed by atoms with Crippen molar-refractivity contribution in [1.29, 1.82) is 0 Å². The second-order valence-corrected chi connectivity index (χ2v) is 6.74. The van der Waals surface area contributed by atoms with Crippen LogP contribution in [0.1, 0.15) is 37.5 Å². The molecule has 2 N–H and O–H groups in total. The largest absolute Gasteiger partial charge is 0.371 e. The fourth-order valence-corrected chi connectivity index (χ4v) is 2.15. The van der Waals surface area contributed by atoms with Gasteiger partial charge in [0.25, 0.3) is 0 Å². The van der Waals surface area contributed by atoms with E-state index < -0.39 is 0 Å². The third-order valence-corrected chi connectivity index (χ3v) is 3.41. The number of benzene rings is 2. The van der Waals surface area contributed by atoms with E-state index in [0.29, 0.717) is 19.7 Å². The van der Waals surface area contributed by atoms with Gasteiger partial charge in [0.1, 0.15) is 0 Å². The van der Waals surface area contributed by atoms with Gasteiger partial charge in [0.2, 0.25) is 0 Å². The van der Waals surface area contributed by atoms with Gasteiger partial charge in [-0.15, -0.1) is 0 Å². The van der Waals surface area contributed by atoms with E-state index in [1.54, 1.807) is 0 Å². The van der Waals surface area contributed by atoms with Crippen LogP contribution in [0.25, 0.3) is 0 Å². The summed E-state index contributed by atoms with van der Waals surface area (Å²) in [5.74, 6) is 0. The minimum absolute atomic E-state index is 0.161. The number of hydrogen-bond donors (Lipinski definition) is 2. The SMILES string of the molecule is CC(C)(C)OCc1cccc(CNC(=O)NCc2ccccc2)c1. The molecule has 0 atom stereocenters. The summed E-state index contributed by atoms with van der Waals surface area (Å²) >= 11 is 0. The summed E-state index contributed by atoms with van der Waals surface area (Å²) in [7, 11) is 0. The number of hydrogen-bond acceptors (Lipinski definition) is 2. The molecule has 0 bridgehead atoms. The first-order valence-corrected chi connectivity index (χ1v) is 8.20. The summed E-state index contributed by atoms with van der Waals surface area (Å²) in [4.78, 5) is 11.9. The first-order chi connectivity index (χ1) is 11.4. The lowest BCUT2D eigenvalue weighted by molar-refractivity contribution is -0.0149. The maximum atomic E-state index is 11.9. The topological polar surface area (TPSA) is 50.4 Å². The minimum atomic E-state index is -0.171. The Morgan fingerprint density at radius 1 is 0.875 bits per heavy atom. The highest BCUT2D eigenvalue weighted by molar-refractivity contribution is 5.73. The molecule has 4 heteroatoms. The monoisotopic (exact) mass is 326 g/mol. The Labute approximate surface area is 144 Å². The maximum absolute atomic E-state index is 11.9. The molecule has 0 aliphatic heterocycles. The van der Waals surface area contributed by atoms with Crippen LogP contribution < -0.4 is 10.6 Å². The fourth-order valence-electron chi connectivity index (χ4n) is 2.15. The van der Waals surface area contributed by atoms with E-state index in [-0.39, 0.29) is 11.6 Å². The van der Waals surface area contributed by atoms with Crippen molar-refractivity contribution < 1.29 is 9.53 Å². The predicted octanol–water partition coefficient (Wildman–Crippen LogP) is 4.00. The van der Waals surface area contributed by atoms with Crippen molar-refractivity contribution in [1.82, 2.24) is 10.6 Å². The van der Waals surface area contributed by atoms with Gasteiger partial charge in [0.15, 0.2) is 0 Å². The normalized spacial score (nSPS) is 11.1. The van der Waals surface area contributed by atoms with Gasteiger partial charge < -0.3 is 15.4 Å². The molecule has 2 aromatic carbocycles. The molecule has 0 radical (unpaired) electrons. The zero-order chi connectivity index (χ0) is 17.4. The van der Waals surface area contributed by atoms with E-state index in [4.69, 9.17) is 4.74 Å². The molecular formula is C20H26N2O2. The molecule has 24 heavy (non-hydrogen) atoms. The second-order valence-electron chi connectivity index (χ2n) is 6.74. The molecule has 0 saturated carbocycles. The molecule has 0 aliphatic rings. The van der Waals surface area contributed by atoms with Crippen LogP contribution in [0.5, 0.6) is 0 Å². The zero-order valence-corrected chi connectivity index (χ0v) is 14.6. The van der Waals surface area contributed by atoms with E-state index in [9.17, 15) is 4.79 Å². The van der Waals surface area contributed by atoms with Crippen molar-refractivity contribution in [2.24, 2.45) is 0 Å². The Kier molecular flexibility index (Phi) is 6.38. The predicted molar refractivity (Wildman–Crippen MR) is 96.5 cm³/mol. The molecular weight excluding hydrogens is 300 g/mol. The van der Waals surface area contributed by atoms with Crippen molar-refractivity contribution in [3.63, 3.8) is 0 Å². The molecule has 0 heterocycles. The Hall–Kier alpha value is -2.33. The van der Waals surface area contributed by atoms with E-state index in [1.165, 1.54) is 0 Å². The summed E-state index contributed by atoms with van der Waals surface area (Å²) in [5.41, 5.74) is 3.08. The quantitative estimate of drug-likeness (QED) is 0.843. The van der Waals surface area contributed by atoms with Gasteiger partial charge in [0, 0.05) is 13.1 Å². The molecule has 0 unspecified atom stereocenters. The number of carbonyl (C=O) groups is 1. The van der Waals surface area contributed by atoms with Gasteiger partial charge in [0.05, 0.1) is 12.2 Å². The zero-order valence-electron chi connectivity index (χ0n) is 14.6. The summed E-state index contributed by atoms with van der Waals surface area (Å²) in [6, 6.07) is 17.7. The third-order valence-electron chi connectivity index (χ3n) is 3.41. The molecule has 0 aromatic heterocycles. The van der Waals surface area contributed by atoms with E-state index >= 15 is 0 Å². The summed E-state index contributed by atoms with van der Waals surface area (Å²) < 4.78 is 5.78. The van der Waals surface area contributed by atoms with Crippen LogP contribution in [0.4, 0.5) is 4.79 Å². The Balaban J connectivity index is 1.78. The number of urea groups is 1. The standard InChI is InChI=1S/C20H26N2O2/c1-20(2,3)24-15-18-11-7-10-17(12-18)14-22-19(23)21-13-16-8-5-4-6-9-16/h4-12H,13-15H2,1-3H3,(H2,21,22,23). The summed E-state index contributed by atoms with van der Waals surface area (Å²) in [6.07, 6.45) is 0. The van der Waals surface area contributed by atoms with Crippen LogP contribution in [0, 0.1) is 0 Å². The van der Waals surface area contributed by atoms with Crippen LogP contribution in [0.2, 0.25) is 0 Å². The first kappa shape index (κ1) is 18.0. The highest BCUT2D eigenvalue weighted by atomic mass is 16.5. The van der Waals surface area contributed by atoms with Gasteiger partial charge in [-0.3, -0.25) is 0 Å². The van der Waals surface area contributed by atoms with Crippen molar-refractivity contribution >= 4 is 6.03 Å². The molecule has 0 saturated heterocycles. The number of rotatable bonds is 6. The van der Waals surface area contributed by atoms with Crippen molar-refractivity contribution in [2.45, 2.75) is 46.1 Å². The lowest BCUT2D eigenvalue weighted by atomic mass is 10.1. The van der Waals surface area contributed by atoms with Crippen LogP contribution in [0.15, 0.2) is 54.6 Å². The highest BCUT2D eigenvalue weighted by Gasteiger charge is 2.10. The number of carbonyl (C=O) groups excluding carboxylic acids is 1. The van der Waals surface area contributed by atoms with Gasteiger partial charge in [-0.2, -0.15) is 0 Å². The van der Waals surface area contributed by atoms with E-state index in [2.05, 4.69) is 16.7 Å². The summed E-state index contributed by atoms with van der Waals surface area (Å²) in [5, 5.41) is 5.73. The molecule has 0 spiro atoms. The van der Waals surface area contributed by atoms with Crippen molar-refractivity contribution in [3.8, 4) is 0 Å². The minimum Gasteiger partial charge on any atom is -0.371 e. The Morgan fingerprint density at radius 3 is 2.12 bits per heavy atom. The first-order valence-electron chi connectivity index (χ1n) is 8.20. The molecule has 4 nitrogen and oxygen atoms in total. The van der Waals surface area contributed by atoms with Gasteiger partial charge in [-0.1, -0.05) is 54.6 Å². The molecule has 0 aliphatic carbocycles. The molecule has 0 fully saturated rings. The number of ether oxygens (including phenoxy) is 1. The maximum Gasteiger partial charge on any atom is 0.315 e. The van der Waals surface area contributed by atoms with Crippen LogP contribution >= 0.6 is 0 Å². The lowest BCUT2D eigenvalue weighted by Gasteiger charge is -2.19. The van der Waals surface area contributed by atoms with E-state index in [0.717, 1.165) is 16.7 Å². The Bertz CT molecular complexity index is 648. The Morgan fingerprint density at radius 2 is 1.46 bits per heavy atom. The lowest BCUT2D eigenvalue weighted by Crippen LogP contribution is -2.34. The molecule has 2 aromatic rings. The molecule has 2 amide bonds. The third kappa shape index (κ3) is 6.84. The number of nitrogens with one attached hydrogen (secondary N) is 2. The van der Waals surface area contributed by atoms with Gasteiger partial charge >= 0.3 is 6.03 Å². The van der Waals surface area contributed by atoms with Gasteiger partial charge in [-0.05, 0) is 37.5 Å².